The first kappa shape index (κ1) is 7.66. The highest BCUT2D eigenvalue weighted by atomic mass is 16.4. The van der Waals surface area contributed by atoms with Gasteiger partial charge in [0.2, 0.25) is 5.65 Å². The molecule has 0 atom stereocenters. The minimum Gasteiger partial charge on any atom is -0.481 e. The number of hydrogen-bond donors (Lipinski definition) is 2. The van der Waals surface area contributed by atoms with Gasteiger partial charge in [-0.2, -0.15) is 10.3 Å². The zero-order valence-corrected chi connectivity index (χ0v) is 6.56. The number of aliphatic carboxylic acids is 1. The summed E-state index contributed by atoms with van der Waals surface area (Å²) >= 11 is 0. The topological polar surface area (TPSA) is 91.8 Å². The Balaban J connectivity index is 2.42. The van der Waals surface area contributed by atoms with Crippen LogP contribution in [0.25, 0.3) is 11.2 Å². The Kier molecular flexibility index (Phi) is 1.66. The van der Waals surface area contributed by atoms with Gasteiger partial charge in [0.25, 0.3) is 0 Å². The van der Waals surface area contributed by atoms with E-state index in [9.17, 15) is 4.79 Å². The van der Waals surface area contributed by atoms with Crippen LogP contribution in [0.2, 0.25) is 0 Å². The lowest BCUT2D eigenvalue weighted by molar-refractivity contribution is -0.136. The summed E-state index contributed by atoms with van der Waals surface area (Å²) in [6.45, 7) is 0. The lowest BCUT2D eigenvalue weighted by atomic mass is 10.2. The second-order valence-electron chi connectivity index (χ2n) is 2.58. The number of carboxylic acid groups (broad SMARTS) is 1. The average molecular weight is 178 g/mol. The molecule has 0 fully saturated rings. The summed E-state index contributed by atoms with van der Waals surface area (Å²) in [6, 6.07) is 1.65. The highest BCUT2D eigenvalue weighted by Gasteiger charge is 2.04. The van der Waals surface area contributed by atoms with Gasteiger partial charge in [0, 0.05) is 6.20 Å². The van der Waals surface area contributed by atoms with Crippen LogP contribution >= 0.6 is 0 Å². The molecule has 6 heteroatoms. The third-order valence-corrected chi connectivity index (χ3v) is 1.59. The van der Waals surface area contributed by atoms with Crippen LogP contribution in [0, 0.1) is 0 Å². The maximum atomic E-state index is 10.4. The van der Waals surface area contributed by atoms with E-state index in [0.717, 1.165) is 0 Å². The first-order valence-electron chi connectivity index (χ1n) is 3.63. The number of carbonyl (C=O) groups is 1. The number of carboxylic acids is 1. The maximum Gasteiger partial charge on any atom is 0.307 e. The summed E-state index contributed by atoms with van der Waals surface area (Å²) in [5.41, 5.74) is 1.70. The number of aromatic nitrogens is 4. The first-order valence-corrected chi connectivity index (χ1v) is 3.63. The summed E-state index contributed by atoms with van der Waals surface area (Å²) in [7, 11) is 0. The molecule has 0 unspecified atom stereocenters. The van der Waals surface area contributed by atoms with Crippen LogP contribution < -0.4 is 0 Å². The largest absolute Gasteiger partial charge is 0.481 e. The molecule has 0 aliphatic heterocycles. The van der Waals surface area contributed by atoms with E-state index < -0.39 is 5.97 Å². The third kappa shape index (κ3) is 1.46. The summed E-state index contributed by atoms with van der Waals surface area (Å²) in [5.74, 6) is -0.885. The van der Waals surface area contributed by atoms with Crippen molar-refractivity contribution in [3.05, 3.63) is 17.8 Å². The van der Waals surface area contributed by atoms with Gasteiger partial charge in [0.1, 0.15) is 5.52 Å². The van der Waals surface area contributed by atoms with Gasteiger partial charge in [-0.25, -0.2) is 4.98 Å². The highest BCUT2D eigenvalue weighted by molar-refractivity contribution is 5.74. The van der Waals surface area contributed by atoms with E-state index >= 15 is 0 Å². The molecule has 0 spiro atoms. The number of pyridine rings is 1. The Morgan fingerprint density at radius 3 is 3.15 bits per heavy atom. The van der Waals surface area contributed by atoms with Crippen LogP contribution in [0.15, 0.2) is 12.3 Å². The van der Waals surface area contributed by atoms with Crippen LogP contribution in [-0.4, -0.2) is 31.5 Å². The van der Waals surface area contributed by atoms with Crippen LogP contribution in [-0.2, 0) is 11.2 Å². The molecule has 6 nitrogen and oxygen atoms in total. The predicted octanol–water partition coefficient (Wildman–Crippen LogP) is -0.0200. The molecule has 0 saturated heterocycles. The van der Waals surface area contributed by atoms with E-state index in [0.29, 0.717) is 16.7 Å². The van der Waals surface area contributed by atoms with Crippen molar-refractivity contribution in [2.75, 3.05) is 0 Å². The molecule has 0 radical (unpaired) electrons. The van der Waals surface area contributed by atoms with Crippen molar-refractivity contribution < 1.29 is 9.90 Å². The summed E-state index contributed by atoms with van der Waals surface area (Å²) in [6.07, 6.45) is 1.44. The molecule has 0 amide bonds. The van der Waals surface area contributed by atoms with Gasteiger partial charge in [0.05, 0.1) is 6.42 Å². The molecule has 0 aliphatic carbocycles. The van der Waals surface area contributed by atoms with Gasteiger partial charge >= 0.3 is 5.97 Å². The monoisotopic (exact) mass is 178 g/mol. The van der Waals surface area contributed by atoms with E-state index in [1.54, 1.807) is 6.07 Å². The molecule has 13 heavy (non-hydrogen) atoms. The molecule has 2 heterocycles. The van der Waals surface area contributed by atoms with Gasteiger partial charge < -0.3 is 5.11 Å². The Labute approximate surface area is 72.6 Å². The molecule has 0 bridgehead atoms. The average Bonchev–Trinajstić information content (AvgIpc) is 2.49. The molecular weight excluding hydrogens is 172 g/mol. The minimum absolute atomic E-state index is 0.0458. The van der Waals surface area contributed by atoms with Crippen molar-refractivity contribution in [3.8, 4) is 0 Å². The standard InChI is InChI=1S/C7H6N4O2/c12-6(13)2-4-1-5-7(8-3-4)10-11-9-5/h1,3H,2H2,(H,12,13)(H,8,9,10,11). The fourth-order valence-electron chi connectivity index (χ4n) is 1.05. The van der Waals surface area contributed by atoms with Crippen molar-refractivity contribution in [1.82, 2.24) is 20.4 Å². The summed E-state index contributed by atoms with van der Waals surface area (Å²) in [4.78, 5) is 14.3. The Bertz CT molecular complexity index is 450. The second kappa shape index (κ2) is 2.81. The van der Waals surface area contributed by atoms with E-state index in [1.165, 1.54) is 6.20 Å². The fraction of sp³-hybridized carbons (Fsp3) is 0.143. The van der Waals surface area contributed by atoms with Gasteiger partial charge in [-0.15, -0.1) is 5.10 Å². The van der Waals surface area contributed by atoms with Crippen molar-refractivity contribution in [2.45, 2.75) is 6.42 Å². The number of nitrogens with zero attached hydrogens (tertiary/aromatic N) is 3. The maximum absolute atomic E-state index is 10.4. The number of H-pyrrole nitrogens is 1. The van der Waals surface area contributed by atoms with Crippen LogP contribution in [0.3, 0.4) is 0 Å². The second-order valence-corrected chi connectivity index (χ2v) is 2.58. The van der Waals surface area contributed by atoms with E-state index in [-0.39, 0.29) is 6.42 Å². The molecule has 0 aliphatic rings. The molecule has 2 rings (SSSR count). The van der Waals surface area contributed by atoms with Crippen molar-refractivity contribution in [1.29, 1.82) is 0 Å². The molecule has 66 valence electrons. The van der Waals surface area contributed by atoms with Crippen LogP contribution in [0.5, 0.6) is 0 Å². The van der Waals surface area contributed by atoms with Crippen LogP contribution in [0.1, 0.15) is 5.56 Å². The highest BCUT2D eigenvalue weighted by Crippen LogP contribution is 2.07. The quantitative estimate of drug-likeness (QED) is 0.674. The van der Waals surface area contributed by atoms with Gasteiger partial charge in [-0.05, 0) is 11.6 Å². The Morgan fingerprint density at radius 2 is 2.38 bits per heavy atom. The normalized spacial score (nSPS) is 10.5. The van der Waals surface area contributed by atoms with Crippen molar-refractivity contribution in [2.24, 2.45) is 0 Å². The number of hydrogen-bond acceptors (Lipinski definition) is 4. The zero-order valence-electron chi connectivity index (χ0n) is 6.56. The fourth-order valence-corrected chi connectivity index (χ4v) is 1.05. The molecule has 0 saturated carbocycles. The van der Waals surface area contributed by atoms with E-state index in [1.807, 2.05) is 0 Å². The van der Waals surface area contributed by atoms with Crippen molar-refractivity contribution in [3.63, 3.8) is 0 Å². The Hall–Kier alpha value is -1.98. The van der Waals surface area contributed by atoms with Gasteiger partial charge in [0.15, 0.2) is 0 Å². The van der Waals surface area contributed by atoms with Gasteiger partial charge in [-0.3, -0.25) is 4.79 Å². The Morgan fingerprint density at radius 1 is 1.54 bits per heavy atom. The first-order chi connectivity index (χ1) is 6.25. The molecular formula is C7H6N4O2. The number of nitrogens with one attached hydrogen (secondary N) is 1. The lowest BCUT2D eigenvalue weighted by Gasteiger charge is -1.93. The van der Waals surface area contributed by atoms with E-state index in [4.69, 9.17) is 5.11 Å². The smallest absolute Gasteiger partial charge is 0.307 e. The zero-order chi connectivity index (χ0) is 9.26. The molecule has 2 N–H and O–H groups in total. The third-order valence-electron chi connectivity index (χ3n) is 1.59. The van der Waals surface area contributed by atoms with Crippen LogP contribution in [0.4, 0.5) is 0 Å². The number of rotatable bonds is 2. The molecule has 2 aromatic rings. The molecule has 2 aromatic heterocycles. The minimum atomic E-state index is -0.885. The van der Waals surface area contributed by atoms with Gasteiger partial charge in [-0.1, -0.05) is 0 Å². The number of fused-ring (bicyclic) bond motifs is 1. The van der Waals surface area contributed by atoms with Crippen molar-refractivity contribution >= 4 is 17.1 Å². The van der Waals surface area contributed by atoms with E-state index in [2.05, 4.69) is 20.4 Å². The summed E-state index contributed by atoms with van der Waals surface area (Å²) in [5, 5.41) is 18.5. The molecule has 0 aromatic carbocycles. The SMILES string of the molecule is O=C(O)Cc1cnc2n[nH]nc2c1. The summed E-state index contributed by atoms with van der Waals surface area (Å²) < 4.78 is 0. The predicted molar refractivity (Wildman–Crippen MR) is 43.0 cm³/mol. The number of aromatic amines is 1. The lowest BCUT2D eigenvalue weighted by Crippen LogP contribution is -2.00.